The summed E-state index contributed by atoms with van der Waals surface area (Å²) < 4.78 is 16.6. The Bertz CT molecular complexity index is 939. The highest BCUT2D eigenvalue weighted by Gasteiger charge is 2.61. The van der Waals surface area contributed by atoms with Gasteiger partial charge in [0.05, 0.1) is 26.0 Å². The van der Waals surface area contributed by atoms with Crippen molar-refractivity contribution in [2.75, 3.05) is 27.9 Å². The second kappa shape index (κ2) is 7.29. The van der Waals surface area contributed by atoms with Gasteiger partial charge in [0.2, 0.25) is 0 Å². The molecule has 2 aromatic rings. The first kappa shape index (κ1) is 20.2. The predicted octanol–water partition coefficient (Wildman–Crippen LogP) is 4.02. The maximum atomic E-state index is 13.4. The third-order valence-corrected chi connectivity index (χ3v) is 7.59. The van der Waals surface area contributed by atoms with E-state index in [4.69, 9.17) is 14.2 Å². The number of nitrogens with zero attached hydrogens (tertiary/aromatic N) is 2. The van der Waals surface area contributed by atoms with E-state index in [-0.39, 0.29) is 23.5 Å². The molecule has 0 spiro atoms. The Hall–Kier alpha value is -2.12. The summed E-state index contributed by atoms with van der Waals surface area (Å²) in [4.78, 5) is 20.6. The summed E-state index contributed by atoms with van der Waals surface area (Å²) in [6.45, 7) is 7.08. The molecule has 1 amide bonds. The Morgan fingerprint density at radius 3 is 2.69 bits per heavy atom. The van der Waals surface area contributed by atoms with Gasteiger partial charge in [0.25, 0.3) is 5.91 Å². The lowest BCUT2D eigenvalue weighted by Crippen LogP contribution is -2.66. The first-order valence-corrected chi connectivity index (χ1v) is 10.7. The summed E-state index contributed by atoms with van der Waals surface area (Å²) in [6, 6.07) is 5.88. The van der Waals surface area contributed by atoms with Gasteiger partial charge in [0.15, 0.2) is 11.5 Å². The maximum Gasteiger partial charge on any atom is 0.265 e. The number of amides is 1. The number of aryl methyl sites for hydroxylation is 1. The van der Waals surface area contributed by atoms with Crippen molar-refractivity contribution >= 4 is 17.2 Å². The van der Waals surface area contributed by atoms with Crippen molar-refractivity contribution in [2.24, 2.45) is 11.3 Å². The van der Waals surface area contributed by atoms with Gasteiger partial charge < -0.3 is 19.1 Å². The van der Waals surface area contributed by atoms with Crippen molar-refractivity contribution in [3.63, 3.8) is 0 Å². The Kier molecular flexibility index (Phi) is 5.07. The van der Waals surface area contributed by atoms with E-state index in [1.807, 2.05) is 37.1 Å². The minimum absolute atomic E-state index is 0.0314. The topological polar surface area (TPSA) is 60.9 Å². The number of fused-ring (bicyclic) bond motifs is 1. The molecule has 1 aromatic carbocycles. The molecule has 0 radical (unpaired) electrons. The van der Waals surface area contributed by atoms with Gasteiger partial charge >= 0.3 is 0 Å². The van der Waals surface area contributed by atoms with E-state index in [1.165, 1.54) is 11.3 Å². The van der Waals surface area contributed by atoms with Gasteiger partial charge in [0, 0.05) is 36.6 Å². The van der Waals surface area contributed by atoms with Crippen molar-refractivity contribution in [1.82, 2.24) is 9.88 Å². The van der Waals surface area contributed by atoms with E-state index >= 15 is 0 Å². The minimum Gasteiger partial charge on any atom is -0.493 e. The van der Waals surface area contributed by atoms with E-state index in [2.05, 4.69) is 18.8 Å². The van der Waals surface area contributed by atoms with Crippen LogP contribution in [0.4, 0.5) is 0 Å². The number of carbonyl (C=O) groups is 1. The Balaban J connectivity index is 1.60. The number of carbonyl (C=O) groups excluding carboxylic acids is 1. The van der Waals surface area contributed by atoms with Gasteiger partial charge in [-0.2, -0.15) is 0 Å². The molecule has 1 saturated carbocycles. The van der Waals surface area contributed by atoms with Gasteiger partial charge in [0.1, 0.15) is 9.88 Å². The van der Waals surface area contributed by atoms with Crippen molar-refractivity contribution in [3.8, 4) is 22.1 Å². The molecule has 2 heterocycles. The number of aromatic nitrogens is 1. The summed E-state index contributed by atoms with van der Waals surface area (Å²) in [6.07, 6.45) is 1.28. The van der Waals surface area contributed by atoms with Crippen LogP contribution in [0.3, 0.4) is 0 Å². The monoisotopic (exact) mass is 416 g/mol. The van der Waals surface area contributed by atoms with E-state index in [9.17, 15) is 4.79 Å². The zero-order valence-corrected chi connectivity index (χ0v) is 18.6. The van der Waals surface area contributed by atoms with Crippen LogP contribution < -0.4 is 9.47 Å². The quantitative estimate of drug-likeness (QED) is 0.737. The number of methoxy groups -OCH3 is 2. The Morgan fingerprint density at radius 1 is 1.28 bits per heavy atom. The molecule has 2 aliphatic rings. The Labute approximate surface area is 175 Å². The first-order valence-electron chi connectivity index (χ1n) is 9.88. The standard InChI is InChI=1S/C22H28N2O4S/c1-12-17(21(25)24(4)18-14-9-10-28-19(14)22(18,2)3)29-20(23-12)13-7-8-15(26-5)16(11-13)27-6/h7-8,11,14,18-19H,9-10H2,1-6H3/t14-,18+,19-/m0/s1. The highest BCUT2D eigenvalue weighted by molar-refractivity contribution is 7.17. The number of thiazole rings is 1. The molecule has 156 valence electrons. The first-order chi connectivity index (χ1) is 13.8. The van der Waals surface area contributed by atoms with Gasteiger partial charge in [-0.3, -0.25) is 4.79 Å². The molecule has 29 heavy (non-hydrogen) atoms. The number of hydrogen-bond donors (Lipinski definition) is 0. The van der Waals surface area contributed by atoms with Crippen molar-refractivity contribution in [1.29, 1.82) is 0 Å². The molecular weight excluding hydrogens is 388 g/mol. The predicted molar refractivity (Wildman–Crippen MR) is 113 cm³/mol. The van der Waals surface area contributed by atoms with E-state index in [1.54, 1.807) is 14.2 Å². The van der Waals surface area contributed by atoms with E-state index < -0.39 is 0 Å². The van der Waals surface area contributed by atoms with Crippen molar-refractivity contribution < 1.29 is 19.0 Å². The highest BCUT2D eigenvalue weighted by atomic mass is 32.1. The van der Waals surface area contributed by atoms with Crippen LogP contribution in [-0.2, 0) is 4.74 Å². The van der Waals surface area contributed by atoms with Crippen LogP contribution in [0.15, 0.2) is 18.2 Å². The average molecular weight is 417 g/mol. The van der Waals surface area contributed by atoms with Crippen LogP contribution in [0.25, 0.3) is 10.6 Å². The fourth-order valence-electron chi connectivity index (χ4n) is 5.06. The molecule has 1 aliphatic heterocycles. The SMILES string of the molecule is COc1ccc(-c2nc(C)c(C(=O)N(C)[C@@H]3[C@@H]4CCO[C@@H]4C3(C)C)s2)cc1OC. The largest absolute Gasteiger partial charge is 0.493 e. The number of benzene rings is 1. The minimum atomic E-state index is -0.0314. The molecule has 0 N–H and O–H groups in total. The molecule has 0 unspecified atom stereocenters. The fraction of sp³-hybridized carbons (Fsp3) is 0.545. The normalized spacial score (nSPS) is 24.6. The van der Waals surface area contributed by atoms with Crippen LogP contribution in [-0.4, -0.2) is 55.8 Å². The van der Waals surface area contributed by atoms with Crippen LogP contribution in [0.1, 0.15) is 35.6 Å². The molecular formula is C22H28N2O4S. The Morgan fingerprint density at radius 2 is 2.00 bits per heavy atom. The molecule has 7 heteroatoms. The lowest BCUT2D eigenvalue weighted by atomic mass is 9.57. The zero-order valence-electron chi connectivity index (χ0n) is 17.8. The lowest BCUT2D eigenvalue weighted by molar-refractivity contribution is -0.139. The number of hydrogen-bond acceptors (Lipinski definition) is 6. The van der Waals surface area contributed by atoms with Gasteiger partial charge in [-0.25, -0.2) is 4.98 Å². The van der Waals surface area contributed by atoms with Crippen molar-refractivity contribution in [2.45, 2.75) is 39.3 Å². The second-order valence-corrected chi connectivity index (χ2v) is 9.43. The highest BCUT2D eigenvalue weighted by Crippen LogP contribution is 2.54. The molecule has 1 aromatic heterocycles. The van der Waals surface area contributed by atoms with Crippen LogP contribution in [0.5, 0.6) is 11.5 Å². The molecule has 6 nitrogen and oxygen atoms in total. The lowest BCUT2D eigenvalue weighted by Gasteiger charge is -2.57. The summed E-state index contributed by atoms with van der Waals surface area (Å²) >= 11 is 1.43. The maximum absolute atomic E-state index is 13.4. The molecule has 1 aliphatic carbocycles. The van der Waals surface area contributed by atoms with Crippen molar-refractivity contribution in [3.05, 3.63) is 28.8 Å². The smallest absolute Gasteiger partial charge is 0.265 e. The molecule has 1 saturated heterocycles. The molecule has 4 rings (SSSR count). The molecule has 3 atom stereocenters. The van der Waals surface area contributed by atoms with Crippen LogP contribution in [0.2, 0.25) is 0 Å². The average Bonchev–Trinajstić information content (AvgIpc) is 3.32. The van der Waals surface area contributed by atoms with E-state index in [0.29, 0.717) is 22.3 Å². The number of rotatable bonds is 5. The van der Waals surface area contributed by atoms with Gasteiger partial charge in [-0.1, -0.05) is 13.8 Å². The van der Waals surface area contributed by atoms with Crippen LogP contribution >= 0.6 is 11.3 Å². The second-order valence-electron chi connectivity index (χ2n) is 8.43. The molecule has 0 bridgehead atoms. The van der Waals surface area contributed by atoms with Crippen LogP contribution in [0, 0.1) is 18.3 Å². The third-order valence-electron chi connectivity index (χ3n) is 6.40. The fourth-order valence-corrected chi connectivity index (χ4v) is 6.10. The third kappa shape index (κ3) is 3.11. The molecule has 2 fully saturated rings. The zero-order chi connectivity index (χ0) is 20.9. The summed E-state index contributed by atoms with van der Waals surface area (Å²) in [5.41, 5.74) is 1.63. The van der Waals surface area contributed by atoms with Gasteiger partial charge in [-0.15, -0.1) is 11.3 Å². The van der Waals surface area contributed by atoms with Gasteiger partial charge in [-0.05, 0) is 31.5 Å². The number of ether oxygens (including phenoxy) is 3. The summed E-state index contributed by atoms with van der Waals surface area (Å²) in [5.74, 6) is 1.78. The summed E-state index contributed by atoms with van der Waals surface area (Å²) in [5, 5.41) is 0.801. The van der Waals surface area contributed by atoms with E-state index in [0.717, 1.165) is 29.3 Å². The summed E-state index contributed by atoms with van der Waals surface area (Å²) in [7, 11) is 5.14.